The van der Waals surface area contributed by atoms with Crippen LogP contribution in [0.25, 0.3) is 0 Å². The number of amides is 2. The van der Waals surface area contributed by atoms with E-state index in [1.165, 1.54) is 0 Å². The van der Waals surface area contributed by atoms with Gasteiger partial charge in [0.05, 0.1) is 10.6 Å². The monoisotopic (exact) mass is 715 g/mol. The van der Waals surface area contributed by atoms with Crippen LogP contribution in [-0.2, 0) is 32.6 Å². The Morgan fingerprint density at radius 3 is 2.00 bits per heavy atom. The predicted octanol–water partition coefficient (Wildman–Crippen LogP) is 7.35. The number of anilines is 1. The molecule has 9 heteroatoms. The van der Waals surface area contributed by atoms with Crippen molar-refractivity contribution in [1.29, 1.82) is 0 Å². The first-order valence-electron chi connectivity index (χ1n) is 16.1. The van der Waals surface area contributed by atoms with Gasteiger partial charge < -0.3 is 10.2 Å². The number of hydrogen-bond acceptors (Lipinski definition) is 4. The minimum Gasteiger partial charge on any atom is -0.352 e. The molecule has 0 aromatic heterocycles. The van der Waals surface area contributed by atoms with Crippen molar-refractivity contribution in [2.24, 2.45) is 0 Å². The molecular formula is C38H42BrN3O4S. The lowest BCUT2D eigenvalue weighted by Gasteiger charge is -2.35. The van der Waals surface area contributed by atoms with Gasteiger partial charge in [-0.25, -0.2) is 8.42 Å². The van der Waals surface area contributed by atoms with Crippen LogP contribution in [0, 0.1) is 13.8 Å². The third-order valence-corrected chi connectivity index (χ3v) is 11.0. The van der Waals surface area contributed by atoms with Crippen molar-refractivity contribution in [3.05, 3.63) is 130 Å². The Kier molecular flexibility index (Phi) is 11.5. The summed E-state index contributed by atoms with van der Waals surface area (Å²) in [7, 11) is -4.14. The van der Waals surface area contributed by atoms with Crippen molar-refractivity contribution in [1.82, 2.24) is 10.2 Å². The Hall–Kier alpha value is -3.95. The average molecular weight is 717 g/mol. The van der Waals surface area contributed by atoms with E-state index in [4.69, 9.17) is 0 Å². The Morgan fingerprint density at radius 2 is 1.38 bits per heavy atom. The zero-order chi connectivity index (χ0) is 33.4. The molecule has 0 radical (unpaired) electrons. The fourth-order valence-corrected chi connectivity index (χ4v) is 7.64. The topological polar surface area (TPSA) is 86.8 Å². The molecule has 1 atom stereocenters. The van der Waals surface area contributed by atoms with Gasteiger partial charge in [0, 0.05) is 23.5 Å². The smallest absolute Gasteiger partial charge is 0.264 e. The minimum absolute atomic E-state index is 0.0464. The fourth-order valence-electron chi connectivity index (χ4n) is 5.96. The van der Waals surface area contributed by atoms with Gasteiger partial charge in [-0.1, -0.05) is 113 Å². The molecular weight excluding hydrogens is 674 g/mol. The summed E-state index contributed by atoms with van der Waals surface area (Å²) in [6.07, 6.45) is 5.35. The van der Waals surface area contributed by atoms with Gasteiger partial charge in [-0.2, -0.15) is 0 Å². The van der Waals surface area contributed by atoms with Crippen LogP contribution in [0.1, 0.15) is 54.4 Å². The second-order valence-corrected chi connectivity index (χ2v) is 15.1. The number of hydrogen-bond donors (Lipinski definition) is 1. The van der Waals surface area contributed by atoms with Gasteiger partial charge in [-0.05, 0) is 74.2 Å². The second kappa shape index (κ2) is 15.8. The molecule has 0 unspecified atom stereocenters. The van der Waals surface area contributed by atoms with Gasteiger partial charge >= 0.3 is 0 Å². The Labute approximate surface area is 287 Å². The van der Waals surface area contributed by atoms with Crippen LogP contribution in [0.5, 0.6) is 0 Å². The molecule has 0 saturated heterocycles. The number of aryl methyl sites for hydroxylation is 2. The molecule has 4 aromatic carbocycles. The Bertz CT molecular complexity index is 1740. The third kappa shape index (κ3) is 9.11. The van der Waals surface area contributed by atoms with Crippen molar-refractivity contribution in [3.8, 4) is 0 Å². The van der Waals surface area contributed by atoms with E-state index >= 15 is 0 Å². The maximum atomic E-state index is 14.7. The largest absolute Gasteiger partial charge is 0.352 e. The number of carbonyl (C=O) groups excluding carboxylic acids is 2. The Morgan fingerprint density at radius 1 is 0.787 bits per heavy atom. The van der Waals surface area contributed by atoms with Gasteiger partial charge in [0.25, 0.3) is 10.0 Å². The highest BCUT2D eigenvalue weighted by atomic mass is 79.9. The van der Waals surface area contributed by atoms with Crippen LogP contribution < -0.4 is 9.62 Å². The van der Waals surface area contributed by atoms with Crippen LogP contribution in [0.15, 0.2) is 112 Å². The third-order valence-electron chi connectivity index (χ3n) is 8.70. The molecule has 0 aliphatic heterocycles. The summed E-state index contributed by atoms with van der Waals surface area (Å²) in [5, 5.41) is 3.25. The highest BCUT2D eigenvalue weighted by molar-refractivity contribution is 9.10. The molecule has 1 fully saturated rings. The Balaban J connectivity index is 1.55. The molecule has 1 saturated carbocycles. The number of benzene rings is 4. The minimum atomic E-state index is -4.14. The SMILES string of the molecule is Cc1ccc(N(CC(=O)N(Cc2ccc(Br)cc2)[C@H](Cc2ccccc2)C(=O)NC2CCCCC2)S(=O)(=O)c2ccc(C)cc2)cc1. The van der Waals surface area contributed by atoms with Crippen molar-refractivity contribution >= 4 is 43.5 Å². The van der Waals surface area contributed by atoms with Gasteiger partial charge in [-0.3, -0.25) is 13.9 Å². The van der Waals surface area contributed by atoms with E-state index < -0.39 is 28.5 Å². The molecule has 47 heavy (non-hydrogen) atoms. The normalized spacial score (nSPS) is 14.3. The number of nitrogens with one attached hydrogen (secondary N) is 1. The molecule has 1 aliphatic rings. The zero-order valence-corrected chi connectivity index (χ0v) is 29.3. The summed E-state index contributed by atoms with van der Waals surface area (Å²) in [5.41, 5.74) is 4.00. The zero-order valence-electron chi connectivity index (χ0n) is 26.9. The number of nitrogens with zero attached hydrogens (tertiary/aromatic N) is 2. The summed E-state index contributed by atoms with van der Waals surface area (Å²) < 4.78 is 30.5. The van der Waals surface area contributed by atoms with Crippen molar-refractivity contribution < 1.29 is 18.0 Å². The van der Waals surface area contributed by atoms with Gasteiger partial charge in [-0.15, -0.1) is 0 Å². The first-order valence-corrected chi connectivity index (χ1v) is 18.4. The van der Waals surface area contributed by atoms with E-state index in [1.54, 1.807) is 41.3 Å². The second-order valence-electron chi connectivity index (χ2n) is 12.4. The fraction of sp³-hybridized carbons (Fsp3) is 0.316. The lowest BCUT2D eigenvalue weighted by Crippen LogP contribution is -2.55. The highest BCUT2D eigenvalue weighted by Crippen LogP contribution is 2.26. The van der Waals surface area contributed by atoms with Crippen LogP contribution in [0.2, 0.25) is 0 Å². The van der Waals surface area contributed by atoms with Crippen LogP contribution >= 0.6 is 15.9 Å². The summed E-state index contributed by atoms with van der Waals surface area (Å²) in [4.78, 5) is 30.5. The number of sulfonamides is 1. The lowest BCUT2D eigenvalue weighted by atomic mass is 9.94. The summed E-state index contributed by atoms with van der Waals surface area (Å²) >= 11 is 3.49. The first-order chi connectivity index (χ1) is 22.6. The summed E-state index contributed by atoms with van der Waals surface area (Å²) in [6, 6.07) is 30.1. The molecule has 5 rings (SSSR count). The maximum Gasteiger partial charge on any atom is 0.264 e. The summed E-state index contributed by atoms with van der Waals surface area (Å²) in [5.74, 6) is -0.696. The van der Waals surface area contributed by atoms with Crippen LogP contribution in [0.3, 0.4) is 0 Å². The standard InChI is InChI=1S/C38H42BrN3O4S/c1-28-13-21-34(22-14-28)42(47(45,46)35-23-15-29(2)16-24-35)27-37(43)41(26-31-17-19-32(39)20-18-31)36(25-30-9-5-3-6-10-30)38(44)40-33-11-7-4-8-12-33/h3,5-6,9-10,13-24,33,36H,4,7-8,11-12,25-27H2,1-2H3,(H,40,44)/t36-/m1/s1. The van der Waals surface area contributed by atoms with Gasteiger partial charge in [0.2, 0.25) is 11.8 Å². The highest BCUT2D eigenvalue weighted by Gasteiger charge is 2.35. The average Bonchev–Trinajstić information content (AvgIpc) is 3.07. The van der Waals surface area contributed by atoms with Crippen LogP contribution in [-0.4, -0.2) is 43.8 Å². The molecule has 0 spiro atoms. The first kappa shape index (κ1) is 34.4. The molecule has 2 amide bonds. The number of carbonyl (C=O) groups is 2. The van der Waals surface area contributed by atoms with E-state index in [-0.39, 0.29) is 29.8 Å². The quantitative estimate of drug-likeness (QED) is 0.166. The van der Waals surface area contributed by atoms with Crippen molar-refractivity contribution in [3.63, 3.8) is 0 Å². The number of rotatable bonds is 12. The lowest BCUT2D eigenvalue weighted by molar-refractivity contribution is -0.140. The van der Waals surface area contributed by atoms with Crippen LogP contribution in [0.4, 0.5) is 5.69 Å². The molecule has 1 N–H and O–H groups in total. The molecule has 0 heterocycles. The molecule has 0 bridgehead atoms. The molecule has 7 nitrogen and oxygen atoms in total. The summed E-state index contributed by atoms with van der Waals surface area (Å²) in [6.45, 7) is 3.47. The van der Waals surface area contributed by atoms with Crippen molar-refractivity contribution in [2.75, 3.05) is 10.8 Å². The number of halogens is 1. The van der Waals surface area contributed by atoms with E-state index in [0.29, 0.717) is 5.69 Å². The van der Waals surface area contributed by atoms with Gasteiger partial charge in [0.15, 0.2) is 0 Å². The van der Waals surface area contributed by atoms with E-state index in [2.05, 4.69) is 21.2 Å². The molecule has 4 aromatic rings. The van der Waals surface area contributed by atoms with Gasteiger partial charge in [0.1, 0.15) is 12.6 Å². The predicted molar refractivity (Wildman–Crippen MR) is 191 cm³/mol. The van der Waals surface area contributed by atoms with E-state index in [9.17, 15) is 18.0 Å². The maximum absolute atomic E-state index is 14.7. The molecule has 1 aliphatic carbocycles. The van der Waals surface area contributed by atoms with Crippen molar-refractivity contribution in [2.45, 2.75) is 75.9 Å². The molecule has 246 valence electrons. The van der Waals surface area contributed by atoms with E-state index in [1.807, 2.05) is 80.6 Å². The van der Waals surface area contributed by atoms with E-state index in [0.717, 1.165) is 63.1 Å².